The summed E-state index contributed by atoms with van der Waals surface area (Å²) in [6.45, 7) is 0. The SMILES string of the molecule is Clc1c(C2Sc3ccccc3S2)[nH]c(C2Sc3ccccc3S2)c1Cl. The molecular formula is C18H11Cl2NS4. The molecule has 0 fully saturated rings. The number of rotatable bonds is 2. The molecule has 25 heavy (non-hydrogen) atoms. The Hall–Kier alpha value is -0.300. The van der Waals surface area contributed by atoms with Crippen molar-refractivity contribution in [3.05, 3.63) is 70.0 Å². The molecule has 0 saturated carbocycles. The number of thioether (sulfide) groups is 4. The Kier molecular flexibility index (Phi) is 4.51. The van der Waals surface area contributed by atoms with Crippen molar-refractivity contribution in [2.45, 2.75) is 28.7 Å². The number of H-pyrrole nitrogens is 1. The van der Waals surface area contributed by atoms with Crippen LogP contribution in [-0.4, -0.2) is 4.98 Å². The van der Waals surface area contributed by atoms with Gasteiger partial charge in [0.2, 0.25) is 0 Å². The van der Waals surface area contributed by atoms with Gasteiger partial charge in [0.1, 0.15) is 9.16 Å². The summed E-state index contributed by atoms with van der Waals surface area (Å²) in [5, 5.41) is 1.32. The molecule has 0 amide bonds. The van der Waals surface area contributed by atoms with Crippen LogP contribution in [0.15, 0.2) is 68.1 Å². The normalized spacial score (nSPS) is 17.0. The number of nitrogens with one attached hydrogen (secondary N) is 1. The minimum Gasteiger partial charge on any atom is -0.356 e. The molecule has 7 heteroatoms. The molecule has 0 bridgehead atoms. The van der Waals surface area contributed by atoms with E-state index in [0.29, 0.717) is 10.0 Å². The van der Waals surface area contributed by atoms with E-state index >= 15 is 0 Å². The monoisotopic (exact) mass is 439 g/mol. The number of aromatic nitrogens is 1. The number of halogens is 2. The first-order valence-corrected chi connectivity index (χ1v) is 11.9. The van der Waals surface area contributed by atoms with Crippen molar-refractivity contribution in [2.75, 3.05) is 0 Å². The number of hydrogen-bond donors (Lipinski definition) is 1. The summed E-state index contributed by atoms with van der Waals surface area (Å²) < 4.78 is 0.435. The summed E-state index contributed by atoms with van der Waals surface area (Å²) in [6.07, 6.45) is 0. The Morgan fingerprint density at radius 1 is 0.600 bits per heavy atom. The maximum absolute atomic E-state index is 6.62. The summed E-state index contributed by atoms with van der Waals surface area (Å²) in [6, 6.07) is 16.9. The first kappa shape index (κ1) is 16.8. The lowest BCUT2D eigenvalue weighted by Crippen LogP contribution is -1.89. The molecule has 0 atom stereocenters. The molecule has 5 rings (SSSR count). The third-order valence-electron chi connectivity index (χ3n) is 4.04. The Balaban J connectivity index is 1.46. The summed E-state index contributed by atoms with van der Waals surface area (Å²) in [5.74, 6) is 0. The quantitative estimate of drug-likeness (QED) is 0.433. The van der Waals surface area contributed by atoms with Crippen LogP contribution in [0.25, 0.3) is 0 Å². The predicted octanol–water partition coefficient (Wildman–Crippen LogP) is 8.11. The fourth-order valence-electron chi connectivity index (χ4n) is 2.85. The summed E-state index contributed by atoms with van der Waals surface area (Å²) in [4.78, 5) is 8.77. The van der Waals surface area contributed by atoms with Gasteiger partial charge in [0.15, 0.2) is 0 Å². The van der Waals surface area contributed by atoms with Gasteiger partial charge in [-0.15, -0.1) is 47.0 Å². The average Bonchev–Trinajstić information content (AvgIpc) is 3.31. The highest BCUT2D eigenvalue weighted by atomic mass is 35.5. The first-order valence-electron chi connectivity index (χ1n) is 7.62. The molecule has 2 aliphatic heterocycles. The van der Waals surface area contributed by atoms with Gasteiger partial charge in [0, 0.05) is 19.6 Å². The number of aromatic amines is 1. The largest absolute Gasteiger partial charge is 0.356 e. The topological polar surface area (TPSA) is 15.8 Å². The molecule has 2 aliphatic rings. The van der Waals surface area contributed by atoms with Crippen LogP contribution in [-0.2, 0) is 0 Å². The number of benzene rings is 2. The lowest BCUT2D eigenvalue weighted by molar-refractivity contribution is 1.14. The summed E-state index contributed by atoms with van der Waals surface area (Å²) >= 11 is 20.6. The molecule has 126 valence electrons. The fourth-order valence-corrected chi connectivity index (χ4v) is 9.30. The lowest BCUT2D eigenvalue weighted by Gasteiger charge is -2.08. The highest BCUT2D eigenvalue weighted by Gasteiger charge is 2.33. The van der Waals surface area contributed by atoms with Gasteiger partial charge >= 0.3 is 0 Å². The van der Waals surface area contributed by atoms with Gasteiger partial charge in [-0.3, -0.25) is 0 Å². The highest BCUT2D eigenvalue weighted by molar-refractivity contribution is 8.19. The van der Waals surface area contributed by atoms with Crippen LogP contribution in [0.5, 0.6) is 0 Å². The molecule has 0 saturated heterocycles. The van der Waals surface area contributed by atoms with Crippen molar-refractivity contribution >= 4 is 70.2 Å². The van der Waals surface area contributed by atoms with E-state index in [-0.39, 0.29) is 9.16 Å². The van der Waals surface area contributed by atoms with Crippen LogP contribution >= 0.6 is 70.2 Å². The van der Waals surface area contributed by atoms with Crippen molar-refractivity contribution in [1.29, 1.82) is 0 Å². The minimum atomic E-state index is 0.218. The molecule has 2 aromatic carbocycles. The molecule has 0 aliphatic carbocycles. The smallest absolute Gasteiger partial charge is 0.101 e. The van der Waals surface area contributed by atoms with Crippen molar-refractivity contribution in [3.63, 3.8) is 0 Å². The summed E-state index contributed by atoms with van der Waals surface area (Å²) in [7, 11) is 0. The zero-order valence-corrected chi connectivity index (χ0v) is 17.4. The van der Waals surface area contributed by atoms with Gasteiger partial charge in [-0.25, -0.2) is 0 Å². The molecule has 0 unspecified atom stereocenters. The van der Waals surface area contributed by atoms with Crippen molar-refractivity contribution in [1.82, 2.24) is 4.98 Å². The van der Waals surface area contributed by atoms with E-state index in [9.17, 15) is 0 Å². The van der Waals surface area contributed by atoms with Crippen LogP contribution in [0.2, 0.25) is 10.0 Å². The zero-order valence-electron chi connectivity index (χ0n) is 12.7. The van der Waals surface area contributed by atoms with E-state index in [1.54, 1.807) is 0 Å². The van der Waals surface area contributed by atoms with E-state index in [4.69, 9.17) is 23.2 Å². The molecule has 3 heterocycles. The maximum atomic E-state index is 6.62. The molecule has 0 radical (unpaired) electrons. The van der Waals surface area contributed by atoms with Gasteiger partial charge in [-0.05, 0) is 24.3 Å². The maximum Gasteiger partial charge on any atom is 0.101 e. The lowest BCUT2D eigenvalue weighted by atomic mass is 10.4. The standard InChI is InChI=1S/C18H11Cl2NS4/c19-13-14(20)16(18-24-11-7-3-4-8-12(11)25-18)21-15(13)17-22-9-5-1-2-6-10(9)23-17/h1-8,17-18,21H. The molecule has 0 spiro atoms. The molecule has 1 aromatic heterocycles. The van der Waals surface area contributed by atoms with Gasteiger partial charge in [-0.1, -0.05) is 47.5 Å². The van der Waals surface area contributed by atoms with Crippen LogP contribution < -0.4 is 0 Å². The number of hydrogen-bond acceptors (Lipinski definition) is 4. The van der Waals surface area contributed by atoms with E-state index < -0.39 is 0 Å². The van der Waals surface area contributed by atoms with Crippen LogP contribution in [0, 0.1) is 0 Å². The van der Waals surface area contributed by atoms with Crippen molar-refractivity contribution in [3.8, 4) is 0 Å². The Morgan fingerprint density at radius 2 is 0.920 bits per heavy atom. The van der Waals surface area contributed by atoms with Gasteiger partial charge in [0.05, 0.1) is 21.4 Å². The van der Waals surface area contributed by atoms with Crippen LogP contribution in [0.3, 0.4) is 0 Å². The van der Waals surface area contributed by atoms with Crippen LogP contribution in [0.1, 0.15) is 20.6 Å². The number of fused-ring (bicyclic) bond motifs is 2. The third-order valence-corrected chi connectivity index (χ3v) is 10.6. The van der Waals surface area contributed by atoms with E-state index in [0.717, 1.165) is 11.4 Å². The van der Waals surface area contributed by atoms with E-state index in [1.165, 1.54) is 19.6 Å². The second-order valence-corrected chi connectivity index (χ2v) is 11.5. The van der Waals surface area contributed by atoms with E-state index in [2.05, 4.69) is 53.5 Å². The fraction of sp³-hybridized carbons (Fsp3) is 0.111. The van der Waals surface area contributed by atoms with Crippen LogP contribution in [0.4, 0.5) is 0 Å². The van der Waals surface area contributed by atoms with E-state index in [1.807, 2.05) is 47.0 Å². The third kappa shape index (κ3) is 2.93. The average molecular weight is 440 g/mol. The first-order chi connectivity index (χ1) is 12.2. The van der Waals surface area contributed by atoms with Gasteiger partial charge in [0.25, 0.3) is 0 Å². The minimum absolute atomic E-state index is 0.218. The zero-order chi connectivity index (χ0) is 17.0. The Morgan fingerprint density at radius 3 is 1.24 bits per heavy atom. The molecule has 3 aromatic rings. The second-order valence-electron chi connectivity index (χ2n) is 5.61. The van der Waals surface area contributed by atoms with Crippen molar-refractivity contribution in [2.24, 2.45) is 0 Å². The Bertz CT molecular complexity index is 845. The second kappa shape index (κ2) is 6.70. The summed E-state index contributed by atoms with van der Waals surface area (Å²) in [5.41, 5.74) is 2.04. The molecule has 1 nitrogen and oxygen atoms in total. The van der Waals surface area contributed by atoms with Crippen molar-refractivity contribution < 1.29 is 0 Å². The Labute approximate surface area is 173 Å². The molecular weight excluding hydrogens is 429 g/mol. The predicted molar refractivity (Wildman–Crippen MR) is 113 cm³/mol. The van der Waals surface area contributed by atoms with Gasteiger partial charge in [-0.2, -0.15) is 0 Å². The highest BCUT2D eigenvalue weighted by Crippen LogP contribution is 2.61. The molecule has 1 N–H and O–H groups in total. The van der Waals surface area contributed by atoms with Gasteiger partial charge < -0.3 is 4.98 Å².